The molecule has 0 spiro atoms. The van der Waals surface area contributed by atoms with Crippen LogP contribution in [-0.2, 0) is 0 Å². The number of aryl methyl sites for hydroxylation is 1. The van der Waals surface area contributed by atoms with Crippen molar-refractivity contribution in [1.29, 1.82) is 0 Å². The first-order chi connectivity index (χ1) is 13.0. The zero-order chi connectivity index (χ0) is 19.4. The first-order valence-corrected chi connectivity index (χ1v) is 8.22. The zero-order valence-corrected chi connectivity index (χ0v) is 15.2. The lowest BCUT2D eigenvalue weighted by molar-refractivity contribution is 0.0847. The lowest BCUT2D eigenvalue weighted by Crippen LogP contribution is -2.41. The number of hydrazine groups is 1. The van der Waals surface area contributed by atoms with E-state index in [0.29, 0.717) is 39.2 Å². The van der Waals surface area contributed by atoms with E-state index in [1.54, 1.807) is 24.3 Å². The minimum absolute atomic E-state index is 0.294. The molecule has 0 aliphatic carbocycles. The van der Waals surface area contributed by atoms with Crippen LogP contribution in [0.4, 0.5) is 0 Å². The summed E-state index contributed by atoms with van der Waals surface area (Å²) >= 11 is 0. The summed E-state index contributed by atoms with van der Waals surface area (Å²) in [5.41, 5.74) is 7.01. The van der Waals surface area contributed by atoms with Crippen LogP contribution in [0.1, 0.15) is 26.4 Å². The quantitative estimate of drug-likeness (QED) is 0.694. The predicted molar refractivity (Wildman–Crippen MR) is 101 cm³/mol. The van der Waals surface area contributed by atoms with E-state index in [1.807, 2.05) is 31.2 Å². The summed E-state index contributed by atoms with van der Waals surface area (Å²) in [5, 5.41) is 0.706. The molecule has 2 amide bonds. The van der Waals surface area contributed by atoms with E-state index >= 15 is 0 Å². The van der Waals surface area contributed by atoms with Crippen LogP contribution in [0.5, 0.6) is 11.5 Å². The minimum atomic E-state index is -0.490. The molecule has 1 heterocycles. The van der Waals surface area contributed by atoms with Gasteiger partial charge in [-0.25, -0.2) is 0 Å². The smallest absolute Gasteiger partial charge is 0.270 e. The largest absolute Gasteiger partial charge is 0.497 e. The maximum atomic E-state index is 12.6. The number of hydrogen-bond donors (Lipinski definition) is 2. The standard InChI is InChI=1S/C20H19N3O4/c1-12-8-17(16-6-4-5-7-18(16)21-12)20(25)23-22-19(24)13-9-14(26-2)11-15(10-13)27-3/h4-11H,1-3H3,(H,22,24)(H,23,25). The Bertz CT molecular complexity index is 995. The number of carbonyl (C=O) groups is 2. The summed E-state index contributed by atoms with van der Waals surface area (Å²) in [6.07, 6.45) is 0. The molecule has 0 aliphatic heterocycles. The second-order valence-electron chi connectivity index (χ2n) is 5.84. The van der Waals surface area contributed by atoms with Gasteiger partial charge in [0.25, 0.3) is 11.8 Å². The number of pyridine rings is 1. The van der Waals surface area contributed by atoms with Crippen LogP contribution >= 0.6 is 0 Å². The van der Waals surface area contributed by atoms with Crippen molar-refractivity contribution in [2.24, 2.45) is 0 Å². The molecule has 0 aliphatic rings. The molecule has 138 valence electrons. The highest BCUT2D eigenvalue weighted by atomic mass is 16.5. The number of rotatable bonds is 4. The summed E-state index contributed by atoms with van der Waals surface area (Å²) in [6.45, 7) is 1.81. The van der Waals surface area contributed by atoms with Gasteiger partial charge >= 0.3 is 0 Å². The van der Waals surface area contributed by atoms with Gasteiger partial charge in [0, 0.05) is 22.7 Å². The summed E-state index contributed by atoms with van der Waals surface area (Å²) < 4.78 is 10.3. The number of para-hydroxylation sites is 1. The van der Waals surface area contributed by atoms with Crippen LogP contribution in [0.2, 0.25) is 0 Å². The highest BCUT2D eigenvalue weighted by Crippen LogP contribution is 2.22. The Labute approximate surface area is 156 Å². The van der Waals surface area contributed by atoms with Crippen LogP contribution in [0.25, 0.3) is 10.9 Å². The molecular formula is C20H19N3O4. The molecule has 0 bridgehead atoms. The highest BCUT2D eigenvalue weighted by molar-refractivity contribution is 6.07. The molecular weight excluding hydrogens is 346 g/mol. The van der Waals surface area contributed by atoms with Gasteiger partial charge in [-0.3, -0.25) is 25.4 Å². The number of aromatic nitrogens is 1. The molecule has 0 atom stereocenters. The van der Waals surface area contributed by atoms with Crippen molar-refractivity contribution in [2.45, 2.75) is 6.92 Å². The van der Waals surface area contributed by atoms with Gasteiger partial charge in [-0.05, 0) is 31.2 Å². The van der Waals surface area contributed by atoms with Crippen molar-refractivity contribution >= 4 is 22.7 Å². The van der Waals surface area contributed by atoms with Gasteiger partial charge in [0.2, 0.25) is 0 Å². The SMILES string of the molecule is COc1cc(OC)cc(C(=O)NNC(=O)c2cc(C)nc3ccccc23)c1. The number of methoxy groups -OCH3 is 2. The Hall–Kier alpha value is -3.61. The Morgan fingerprint density at radius 3 is 2.19 bits per heavy atom. The Kier molecular flexibility index (Phi) is 5.21. The predicted octanol–water partition coefficient (Wildman–Crippen LogP) is 2.64. The monoisotopic (exact) mass is 365 g/mol. The van der Waals surface area contributed by atoms with Crippen molar-refractivity contribution in [3.8, 4) is 11.5 Å². The van der Waals surface area contributed by atoms with E-state index in [0.717, 1.165) is 0 Å². The van der Waals surface area contributed by atoms with Crippen LogP contribution in [-0.4, -0.2) is 31.0 Å². The molecule has 0 unspecified atom stereocenters. The number of carbonyl (C=O) groups excluding carboxylic acids is 2. The fraction of sp³-hybridized carbons (Fsp3) is 0.150. The Morgan fingerprint density at radius 1 is 0.889 bits per heavy atom. The molecule has 3 aromatic rings. The summed E-state index contributed by atoms with van der Waals surface area (Å²) in [5.74, 6) is 0.0266. The van der Waals surface area contributed by atoms with Crippen molar-refractivity contribution in [3.63, 3.8) is 0 Å². The van der Waals surface area contributed by atoms with Crippen molar-refractivity contribution in [2.75, 3.05) is 14.2 Å². The van der Waals surface area contributed by atoms with Gasteiger partial charge in [-0.1, -0.05) is 18.2 Å². The van der Waals surface area contributed by atoms with E-state index in [4.69, 9.17) is 9.47 Å². The molecule has 7 nitrogen and oxygen atoms in total. The van der Waals surface area contributed by atoms with Gasteiger partial charge in [0.05, 0.1) is 25.3 Å². The number of fused-ring (bicyclic) bond motifs is 1. The molecule has 2 N–H and O–H groups in total. The first kappa shape index (κ1) is 18.2. The number of hydrogen-bond acceptors (Lipinski definition) is 5. The van der Waals surface area contributed by atoms with Gasteiger partial charge in [-0.2, -0.15) is 0 Å². The molecule has 0 saturated carbocycles. The van der Waals surface area contributed by atoms with E-state index in [-0.39, 0.29) is 0 Å². The maximum absolute atomic E-state index is 12.6. The normalized spacial score (nSPS) is 10.3. The number of nitrogens with zero attached hydrogens (tertiary/aromatic N) is 1. The summed E-state index contributed by atoms with van der Waals surface area (Å²) in [7, 11) is 2.99. The van der Waals surface area contributed by atoms with E-state index < -0.39 is 11.8 Å². The molecule has 3 rings (SSSR count). The summed E-state index contributed by atoms with van der Waals surface area (Å²) in [6, 6.07) is 13.8. The van der Waals surface area contributed by atoms with E-state index in [9.17, 15) is 9.59 Å². The summed E-state index contributed by atoms with van der Waals surface area (Å²) in [4.78, 5) is 29.4. The molecule has 0 saturated heterocycles. The second kappa shape index (κ2) is 7.74. The Balaban J connectivity index is 1.79. The average molecular weight is 365 g/mol. The van der Waals surface area contributed by atoms with Crippen molar-refractivity contribution in [3.05, 3.63) is 65.4 Å². The minimum Gasteiger partial charge on any atom is -0.497 e. The van der Waals surface area contributed by atoms with Gasteiger partial charge < -0.3 is 9.47 Å². The van der Waals surface area contributed by atoms with E-state index in [2.05, 4.69) is 15.8 Å². The lowest BCUT2D eigenvalue weighted by Gasteiger charge is -2.11. The molecule has 0 radical (unpaired) electrons. The van der Waals surface area contributed by atoms with Crippen LogP contribution in [0, 0.1) is 6.92 Å². The van der Waals surface area contributed by atoms with Gasteiger partial charge in [0.15, 0.2) is 0 Å². The molecule has 0 fully saturated rings. The molecule has 1 aromatic heterocycles. The second-order valence-corrected chi connectivity index (χ2v) is 5.84. The third kappa shape index (κ3) is 3.98. The first-order valence-electron chi connectivity index (χ1n) is 8.22. The van der Waals surface area contributed by atoms with Gasteiger partial charge in [-0.15, -0.1) is 0 Å². The number of nitrogens with one attached hydrogen (secondary N) is 2. The van der Waals surface area contributed by atoms with Crippen molar-refractivity contribution < 1.29 is 19.1 Å². The average Bonchev–Trinajstić information content (AvgIpc) is 2.70. The van der Waals surface area contributed by atoms with Gasteiger partial charge in [0.1, 0.15) is 11.5 Å². The number of ether oxygens (including phenoxy) is 2. The fourth-order valence-corrected chi connectivity index (χ4v) is 2.69. The molecule has 27 heavy (non-hydrogen) atoms. The third-order valence-corrected chi connectivity index (χ3v) is 3.99. The van der Waals surface area contributed by atoms with Crippen LogP contribution in [0.15, 0.2) is 48.5 Å². The van der Waals surface area contributed by atoms with E-state index in [1.165, 1.54) is 14.2 Å². The highest BCUT2D eigenvalue weighted by Gasteiger charge is 2.14. The lowest BCUT2D eigenvalue weighted by atomic mass is 10.1. The van der Waals surface area contributed by atoms with Crippen molar-refractivity contribution in [1.82, 2.24) is 15.8 Å². The third-order valence-electron chi connectivity index (χ3n) is 3.99. The fourth-order valence-electron chi connectivity index (χ4n) is 2.69. The maximum Gasteiger partial charge on any atom is 0.270 e. The Morgan fingerprint density at radius 2 is 1.52 bits per heavy atom. The zero-order valence-electron chi connectivity index (χ0n) is 15.2. The number of amides is 2. The molecule has 2 aromatic carbocycles. The number of benzene rings is 2. The van der Waals surface area contributed by atoms with Crippen LogP contribution < -0.4 is 20.3 Å². The van der Waals surface area contributed by atoms with Crippen LogP contribution in [0.3, 0.4) is 0 Å². The molecule has 7 heteroatoms. The topological polar surface area (TPSA) is 89.5 Å².